The molecule has 0 bridgehead atoms. The number of pyridine rings is 1. The van der Waals surface area contributed by atoms with Crippen molar-refractivity contribution in [2.75, 3.05) is 0 Å². The van der Waals surface area contributed by atoms with Gasteiger partial charge in [0.2, 0.25) is 5.69 Å². The summed E-state index contributed by atoms with van der Waals surface area (Å²) in [5.41, 5.74) is 3.02. The molecule has 2 rings (SSSR count). The Balaban J connectivity index is 2.72. The van der Waals surface area contributed by atoms with Crippen molar-refractivity contribution in [2.24, 2.45) is 7.05 Å². The summed E-state index contributed by atoms with van der Waals surface area (Å²) in [6.45, 7) is 0.598. The average Bonchev–Trinajstić information content (AvgIpc) is 2.44. The third kappa shape index (κ3) is 2.70. The van der Waals surface area contributed by atoms with Gasteiger partial charge in [-0.15, -0.1) is 0 Å². The van der Waals surface area contributed by atoms with Gasteiger partial charge in [0.15, 0.2) is 6.20 Å². The Kier molecular flexibility index (Phi) is 1.96. The molecule has 0 aliphatic heterocycles. The van der Waals surface area contributed by atoms with Crippen molar-refractivity contribution < 1.29 is 14.2 Å². The Hall–Kier alpha value is -1.63. The average molecular weight is 261 g/mol. The molecule has 1 aromatic carbocycles. The molecule has 1 nitrogen and oxygen atoms in total. The van der Waals surface area contributed by atoms with Gasteiger partial charge in [0.25, 0.3) is 0 Å². The van der Waals surface area contributed by atoms with Crippen molar-refractivity contribution in [1.29, 1.82) is 0 Å². The second kappa shape index (κ2) is 5.16. The van der Waals surface area contributed by atoms with Gasteiger partial charge in [-0.25, -0.2) is 4.57 Å². The summed E-state index contributed by atoms with van der Waals surface area (Å²) in [6, 6.07) is 6.46. The second-order valence-electron chi connectivity index (χ2n) is 5.13. The molecule has 100 valence electrons. The van der Waals surface area contributed by atoms with E-state index in [0.29, 0.717) is 11.3 Å². The number of aromatic nitrogens is 1. The van der Waals surface area contributed by atoms with Gasteiger partial charge < -0.3 is 0 Å². The zero-order chi connectivity index (χ0) is 20.1. The third-order valence-corrected chi connectivity index (χ3v) is 3.31. The second-order valence-corrected chi connectivity index (χ2v) is 5.13. The number of rotatable bonds is 2. The number of aryl methyl sites for hydroxylation is 4. The van der Waals surface area contributed by atoms with E-state index in [1.165, 1.54) is 0 Å². The van der Waals surface area contributed by atoms with Crippen molar-refractivity contribution in [3.8, 4) is 11.3 Å². The molecule has 0 saturated heterocycles. The lowest BCUT2D eigenvalue weighted by molar-refractivity contribution is -0.660. The van der Waals surface area contributed by atoms with Gasteiger partial charge in [-0.1, -0.05) is 31.5 Å². The Labute approximate surface area is 126 Å². The highest BCUT2D eigenvalue weighted by molar-refractivity contribution is 5.62. The van der Waals surface area contributed by atoms with E-state index in [-0.39, 0.29) is 11.1 Å². The van der Waals surface area contributed by atoms with E-state index in [2.05, 4.69) is 0 Å². The van der Waals surface area contributed by atoms with Crippen LogP contribution in [0.2, 0.25) is 0 Å². The first-order valence-corrected chi connectivity index (χ1v) is 6.28. The summed E-state index contributed by atoms with van der Waals surface area (Å²) in [6.07, 6.45) is 1.68. The van der Waals surface area contributed by atoms with Crippen LogP contribution >= 0.6 is 0 Å². The molecule has 0 spiro atoms. The first-order chi connectivity index (χ1) is 11.6. The molecule has 0 amide bonds. The van der Waals surface area contributed by atoms with Gasteiger partial charge in [-0.2, -0.15) is 0 Å². The van der Waals surface area contributed by atoms with Crippen molar-refractivity contribution >= 4 is 0 Å². The van der Waals surface area contributed by atoms with Crippen LogP contribution in [0.5, 0.6) is 0 Å². The lowest BCUT2D eigenvalue weighted by atomic mass is 9.96. The van der Waals surface area contributed by atoms with E-state index < -0.39 is 19.6 Å². The maximum Gasteiger partial charge on any atom is 0.212 e. The first kappa shape index (κ1) is 7.23. The zero-order valence-corrected chi connectivity index (χ0v) is 11.8. The van der Waals surface area contributed by atoms with Gasteiger partial charge >= 0.3 is 0 Å². The fraction of sp³-hybridized carbons (Fsp3) is 0.389. The highest BCUT2D eigenvalue weighted by Crippen LogP contribution is 2.25. The molecule has 0 fully saturated rings. The molecule has 0 N–H and O–H groups in total. The van der Waals surface area contributed by atoms with Crippen LogP contribution in [0, 0.1) is 20.6 Å². The van der Waals surface area contributed by atoms with Crippen molar-refractivity contribution in [1.82, 2.24) is 0 Å². The predicted octanol–water partition coefficient (Wildman–Crippen LogP) is 4.23. The summed E-state index contributed by atoms with van der Waals surface area (Å²) >= 11 is 0. The standard InChI is InChI=1S/C18H24N/c1-12(2)17-11-19(6)18(10-15(17)5)16-8-7-13(3)9-14(16)4/h7-12H,1-6H3/q+1/i3D3,5D3,12D. The maximum atomic E-state index is 8.28. The minimum Gasteiger partial charge on any atom is -0.201 e. The molecule has 1 heteroatoms. The SMILES string of the molecule is [2H]C([2H])([2H])c1ccc(-c2cc(C([2H])([2H])[2H])c(C([2H])(C)C)c[n+]2C)c(C)c1. The van der Waals surface area contributed by atoms with Crippen LogP contribution in [-0.4, -0.2) is 0 Å². The maximum absolute atomic E-state index is 8.28. The van der Waals surface area contributed by atoms with Crippen LogP contribution < -0.4 is 4.57 Å². The van der Waals surface area contributed by atoms with Gasteiger partial charge in [0.05, 0.1) is 0 Å². The van der Waals surface area contributed by atoms with Crippen LogP contribution in [0.15, 0.2) is 30.5 Å². The van der Waals surface area contributed by atoms with Crippen molar-refractivity contribution in [3.63, 3.8) is 0 Å². The Bertz CT molecular complexity index is 827. The van der Waals surface area contributed by atoms with Crippen molar-refractivity contribution in [3.05, 3.63) is 52.7 Å². The monoisotopic (exact) mass is 261 g/mol. The minimum absolute atomic E-state index is 0.143. The molecule has 1 aromatic heterocycles. The number of benzene rings is 1. The molecular weight excluding hydrogens is 230 g/mol. The van der Waals surface area contributed by atoms with Gasteiger partial charge in [-0.3, -0.25) is 0 Å². The summed E-state index contributed by atoms with van der Waals surface area (Å²) < 4.78 is 56.2. The summed E-state index contributed by atoms with van der Waals surface area (Å²) in [7, 11) is 1.80. The largest absolute Gasteiger partial charge is 0.212 e. The molecule has 0 atom stereocenters. The van der Waals surface area contributed by atoms with Crippen LogP contribution in [0.25, 0.3) is 11.3 Å². The fourth-order valence-corrected chi connectivity index (χ4v) is 2.27. The molecule has 0 aliphatic rings. The molecule has 0 radical (unpaired) electrons. The van der Waals surface area contributed by atoms with E-state index in [9.17, 15) is 0 Å². The Morgan fingerprint density at radius 3 is 2.53 bits per heavy atom. The topological polar surface area (TPSA) is 3.88 Å². The lowest BCUT2D eigenvalue weighted by Gasteiger charge is -2.11. The molecule has 0 unspecified atom stereocenters. The normalized spacial score (nSPS) is 18.4. The van der Waals surface area contributed by atoms with Gasteiger partial charge in [0, 0.05) is 26.8 Å². The predicted molar refractivity (Wildman–Crippen MR) is 81.4 cm³/mol. The molecule has 0 aliphatic carbocycles. The highest BCUT2D eigenvalue weighted by Gasteiger charge is 2.16. The third-order valence-electron chi connectivity index (χ3n) is 3.31. The van der Waals surface area contributed by atoms with Crippen molar-refractivity contribution in [2.45, 2.75) is 40.4 Å². The van der Waals surface area contributed by atoms with E-state index in [0.717, 1.165) is 11.1 Å². The summed E-state index contributed by atoms with van der Waals surface area (Å²) in [5.74, 6) is -1.06. The number of nitrogens with zero attached hydrogens (tertiary/aromatic N) is 1. The van der Waals surface area contributed by atoms with Crippen LogP contribution in [0.1, 0.15) is 51.6 Å². The summed E-state index contributed by atoms with van der Waals surface area (Å²) in [5, 5.41) is 0. The van der Waals surface area contributed by atoms with E-state index in [1.807, 2.05) is 6.92 Å². The fourth-order valence-electron chi connectivity index (χ4n) is 2.27. The molecule has 19 heavy (non-hydrogen) atoms. The van der Waals surface area contributed by atoms with E-state index in [1.54, 1.807) is 55.9 Å². The molecule has 0 saturated carbocycles. The smallest absolute Gasteiger partial charge is 0.201 e. The van der Waals surface area contributed by atoms with Gasteiger partial charge in [0.1, 0.15) is 7.05 Å². The number of hydrogen-bond acceptors (Lipinski definition) is 0. The van der Waals surface area contributed by atoms with E-state index in [4.69, 9.17) is 9.60 Å². The Morgan fingerprint density at radius 1 is 1.16 bits per heavy atom. The molecule has 1 heterocycles. The van der Waals surface area contributed by atoms with Crippen LogP contribution in [0.4, 0.5) is 0 Å². The highest BCUT2D eigenvalue weighted by atomic mass is 14.9. The molecular formula is C18H24N+. The first-order valence-electron chi connectivity index (χ1n) is 9.78. The zero-order valence-electron chi connectivity index (χ0n) is 18.8. The minimum atomic E-state index is -2.34. The summed E-state index contributed by atoms with van der Waals surface area (Å²) in [4.78, 5) is 0. The van der Waals surface area contributed by atoms with E-state index >= 15 is 0 Å². The number of hydrogen-bond donors (Lipinski definition) is 0. The quantitative estimate of drug-likeness (QED) is 0.712. The molecule has 2 aromatic rings. The van der Waals surface area contributed by atoms with Crippen LogP contribution in [-0.2, 0) is 7.05 Å². The lowest BCUT2D eigenvalue weighted by Crippen LogP contribution is -2.32. The van der Waals surface area contributed by atoms with Crippen LogP contribution in [0.3, 0.4) is 0 Å². The van der Waals surface area contributed by atoms with Gasteiger partial charge in [-0.05, 0) is 43.7 Å². The Morgan fingerprint density at radius 2 is 1.95 bits per heavy atom.